The van der Waals surface area contributed by atoms with Crippen LogP contribution in [0.15, 0.2) is 180 Å². The van der Waals surface area contributed by atoms with E-state index >= 15 is 0 Å². The van der Waals surface area contributed by atoms with Crippen LogP contribution in [0.1, 0.15) is 47.2 Å². The zero-order valence-electron chi connectivity index (χ0n) is 75.9. The summed E-state index contributed by atoms with van der Waals surface area (Å²) in [6.45, 7) is 24.5. The van der Waals surface area contributed by atoms with Gasteiger partial charge in [0.25, 0.3) is 0 Å². The van der Waals surface area contributed by atoms with E-state index in [2.05, 4.69) is 146 Å². The van der Waals surface area contributed by atoms with E-state index in [1.165, 1.54) is 11.1 Å². The number of hydrogen-bond donors (Lipinski definition) is 2. The van der Waals surface area contributed by atoms with Crippen molar-refractivity contribution in [1.82, 2.24) is 9.80 Å². The molecule has 688 valence electrons. The molecule has 126 heavy (non-hydrogen) atoms. The SMILES string of the molecule is CCN(CCc1ccc(N)cc1)C1=CC(=O)C(=C2c3ccc(N(CCOCCOC)CCOCCOC)cc3Oc3cc(N(CCOCCOC)CCOCCOC)ccc32)C=C1.CCN(CCc1ccc(N)cc1)c1ccc2c(c1)Oc1cc(N(CCOCCOC)CCOCCOC)ccc1C2=C1C=CC(N(CCOCCOC)CCOCCOC)=CC1=O. The fourth-order valence-electron chi connectivity index (χ4n) is 14.6. The van der Waals surface area contributed by atoms with Crippen LogP contribution in [-0.4, -0.2) is 315 Å². The Morgan fingerprint density at radius 2 is 0.516 bits per heavy atom. The second kappa shape index (κ2) is 57.3. The van der Waals surface area contributed by atoms with E-state index in [1.54, 1.807) is 69.0 Å². The standard InChI is InChI=1S/2C49H68N4O10/c1-6-51(18-17-38-7-9-39(50)10-8-38)41-12-15-44-47(36-41)63-48-37-42(53(21-25-61-33-29-57-4)22-26-62-34-30-58-5)13-16-45(48)49(44)43-14-11-40(35-46(43)54)52(19-23-59-31-27-55-2)20-24-60-32-28-56-3;1-6-51(18-17-38-7-9-39(50)10-8-38)40-11-14-43(46(54)35-40)49-44-15-12-41(52(19-23-59-31-27-55-2)20-24-60-32-28-56-3)36-47(44)63-48-37-42(13-16-45(48)49)53(21-25-61-33-29-57-4)22-26-62-34-30-58-5/h2*7-16,35-37H,6,17-34,50H2,1-5H3. The summed E-state index contributed by atoms with van der Waals surface area (Å²) >= 11 is 0. The number of nitrogen functional groups attached to an aromatic ring is 2. The monoisotopic (exact) mass is 1740 g/mol. The molecule has 0 radical (unpaired) electrons. The van der Waals surface area contributed by atoms with Crippen LogP contribution in [0.25, 0.3) is 11.1 Å². The van der Waals surface area contributed by atoms with Crippen LogP contribution >= 0.6 is 0 Å². The number of carbonyl (C=O) groups is 2. The maximum Gasteiger partial charge on any atom is 0.188 e. The first kappa shape index (κ1) is 100. The molecule has 0 bridgehead atoms. The number of nitrogens with zero attached hydrogens (tertiary/aromatic N) is 6. The number of fused-ring (bicyclic) bond motifs is 4. The fraction of sp³-hybridized carbons (Fsp3) is 0.490. The van der Waals surface area contributed by atoms with Gasteiger partial charge < -0.3 is 126 Å². The predicted molar refractivity (Wildman–Crippen MR) is 496 cm³/mol. The van der Waals surface area contributed by atoms with Gasteiger partial charge in [0.2, 0.25) is 0 Å². The number of hydrogen-bond acceptors (Lipinski definition) is 28. The highest BCUT2D eigenvalue weighted by Crippen LogP contribution is 2.50. The number of benzene rings is 6. The molecular formula is C98H136N8O20. The number of ketones is 2. The first-order valence-electron chi connectivity index (χ1n) is 43.8. The molecule has 28 heteroatoms. The molecule has 0 spiro atoms. The summed E-state index contributed by atoms with van der Waals surface area (Å²) in [5.74, 6) is 2.49. The van der Waals surface area contributed by atoms with E-state index in [4.69, 9.17) is 96.7 Å². The maximum atomic E-state index is 14.5. The number of ether oxygens (including phenoxy) is 18. The highest BCUT2D eigenvalue weighted by molar-refractivity contribution is 6.17. The van der Waals surface area contributed by atoms with E-state index in [0.29, 0.717) is 245 Å². The number of nitrogens with two attached hydrogens (primary N) is 2. The molecule has 0 fully saturated rings. The minimum absolute atomic E-state index is 0.0635. The third-order valence-corrected chi connectivity index (χ3v) is 21.6. The average Bonchev–Trinajstić information content (AvgIpc) is 0.749. The first-order valence-corrected chi connectivity index (χ1v) is 43.8. The highest BCUT2D eigenvalue weighted by atomic mass is 16.6. The smallest absolute Gasteiger partial charge is 0.188 e. The third-order valence-electron chi connectivity index (χ3n) is 21.6. The summed E-state index contributed by atoms with van der Waals surface area (Å²) < 4.78 is 102. The van der Waals surface area contributed by atoms with Gasteiger partial charge in [-0.3, -0.25) is 9.59 Å². The summed E-state index contributed by atoms with van der Waals surface area (Å²) in [5.41, 5.74) is 27.5. The minimum Gasteiger partial charge on any atom is -0.456 e. The number of rotatable bonds is 62. The van der Waals surface area contributed by atoms with Crippen molar-refractivity contribution in [3.05, 3.63) is 214 Å². The Hall–Kier alpha value is -9.54. The van der Waals surface area contributed by atoms with E-state index in [1.807, 2.05) is 42.5 Å². The number of likely N-dealkylation sites (N-methyl/N-ethyl adjacent to an activating group) is 2. The quantitative estimate of drug-likeness (QED) is 0.0204. The van der Waals surface area contributed by atoms with Crippen molar-refractivity contribution in [2.75, 3.05) is 325 Å². The van der Waals surface area contributed by atoms with E-state index < -0.39 is 0 Å². The lowest BCUT2D eigenvalue weighted by Gasteiger charge is -2.31. The summed E-state index contributed by atoms with van der Waals surface area (Å²) in [4.78, 5) is 42.2. The van der Waals surface area contributed by atoms with Crippen LogP contribution < -0.4 is 40.5 Å². The molecule has 0 atom stereocenters. The van der Waals surface area contributed by atoms with Gasteiger partial charge in [0.15, 0.2) is 11.6 Å². The second-order valence-electron chi connectivity index (χ2n) is 30.0. The molecule has 0 unspecified atom stereocenters. The molecule has 28 nitrogen and oxygen atoms in total. The summed E-state index contributed by atoms with van der Waals surface area (Å²) in [6.07, 6.45) is 13.1. The zero-order chi connectivity index (χ0) is 89.3. The van der Waals surface area contributed by atoms with Crippen LogP contribution in [0.2, 0.25) is 0 Å². The highest BCUT2D eigenvalue weighted by Gasteiger charge is 2.33. The minimum atomic E-state index is -0.0956. The summed E-state index contributed by atoms with van der Waals surface area (Å²) in [5, 5.41) is 0. The summed E-state index contributed by atoms with van der Waals surface area (Å²) in [7, 11) is 13.3. The van der Waals surface area contributed by atoms with E-state index in [-0.39, 0.29) is 11.6 Å². The van der Waals surface area contributed by atoms with Gasteiger partial charge in [-0.25, -0.2) is 0 Å². The van der Waals surface area contributed by atoms with Gasteiger partial charge in [0.05, 0.1) is 159 Å². The Labute approximate surface area is 746 Å². The van der Waals surface area contributed by atoms with E-state index in [9.17, 15) is 9.59 Å². The Balaban J connectivity index is 0.000000285. The molecule has 0 amide bonds. The van der Waals surface area contributed by atoms with Crippen LogP contribution in [0, 0.1) is 0 Å². The van der Waals surface area contributed by atoms with Gasteiger partial charge >= 0.3 is 0 Å². The number of allylic oxidation sites excluding steroid dienone is 8. The van der Waals surface area contributed by atoms with Crippen LogP contribution in [-0.2, 0) is 98.2 Å². The largest absolute Gasteiger partial charge is 0.456 e. The van der Waals surface area contributed by atoms with Crippen molar-refractivity contribution in [3.63, 3.8) is 0 Å². The molecular weight excluding hydrogens is 1610 g/mol. The Morgan fingerprint density at radius 1 is 0.270 bits per heavy atom. The van der Waals surface area contributed by atoms with Crippen molar-refractivity contribution in [2.24, 2.45) is 0 Å². The molecule has 6 aromatic carbocycles. The van der Waals surface area contributed by atoms with Crippen LogP contribution in [0.4, 0.5) is 34.1 Å². The number of methoxy groups -OCH3 is 8. The predicted octanol–water partition coefficient (Wildman–Crippen LogP) is 12.1. The topological polar surface area (TPSA) is 272 Å². The van der Waals surface area contributed by atoms with Gasteiger partial charge in [-0.15, -0.1) is 0 Å². The van der Waals surface area contributed by atoms with Crippen LogP contribution in [0.3, 0.4) is 0 Å². The molecule has 2 aliphatic heterocycles. The van der Waals surface area contributed by atoms with Crippen molar-refractivity contribution < 1.29 is 94.9 Å². The Kier molecular flexibility index (Phi) is 45.6. The number of anilines is 6. The van der Waals surface area contributed by atoms with Crippen molar-refractivity contribution in [2.45, 2.75) is 26.7 Å². The van der Waals surface area contributed by atoms with Gasteiger partial charge in [0, 0.05) is 262 Å². The average molecular weight is 1750 g/mol. The number of carbonyl (C=O) groups excluding carboxylic acids is 2. The summed E-state index contributed by atoms with van der Waals surface area (Å²) in [6, 6.07) is 40.9. The Morgan fingerprint density at radius 3 is 0.770 bits per heavy atom. The van der Waals surface area contributed by atoms with Gasteiger partial charge in [-0.2, -0.15) is 0 Å². The first-order chi connectivity index (χ1) is 61.8. The third kappa shape index (κ3) is 32.0. The van der Waals surface area contributed by atoms with Gasteiger partial charge in [0.1, 0.15) is 23.0 Å². The second-order valence-corrected chi connectivity index (χ2v) is 30.0. The molecule has 2 aliphatic carbocycles. The van der Waals surface area contributed by atoms with Crippen LogP contribution in [0.5, 0.6) is 23.0 Å². The molecule has 4 N–H and O–H groups in total. The fourth-order valence-corrected chi connectivity index (χ4v) is 14.6. The lowest BCUT2D eigenvalue weighted by Crippen LogP contribution is -2.32. The molecule has 4 aliphatic rings. The van der Waals surface area contributed by atoms with Gasteiger partial charge in [-0.1, -0.05) is 24.3 Å². The lowest BCUT2D eigenvalue weighted by atomic mass is 9.86. The molecule has 0 saturated heterocycles. The molecule has 0 aromatic heterocycles. The van der Waals surface area contributed by atoms with E-state index in [0.717, 1.165) is 118 Å². The lowest BCUT2D eigenvalue weighted by molar-refractivity contribution is -0.112. The zero-order valence-corrected chi connectivity index (χ0v) is 75.9. The van der Waals surface area contributed by atoms with Crippen molar-refractivity contribution >= 4 is 56.8 Å². The maximum absolute atomic E-state index is 14.5. The molecule has 0 saturated carbocycles. The molecule has 2 heterocycles. The normalized spacial score (nSPS) is 13.7. The Bertz CT molecular complexity index is 4270. The van der Waals surface area contributed by atoms with Gasteiger partial charge in [-0.05, 0) is 135 Å². The van der Waals surface area contributed by atoms with Crippen molar-refractivity contribution in [1.29, 1.82) is 0 Å². The van der Waals surface area contributed by atoms with Crippen molar-refractivity contribution in [3.8, 4) is 23.0 Å². The molecule has 6 aromatic rings. The molecule has 10 rings (SSSR count).